The molecule has 4 rings (SSSR count). The molecule has 0 bridgehead atoms. The Hall–Kier alpha value is -2.73. The van der Waals surface area contributed by atoms with Crippen molar-refractivity contribution in [2.75, 3.05) is 0 Å². The minimum Gasteiger partial charge on any atom is -0.207 e. The number of rotatable bonds is 5. The van der Waals surface area contributed by atoms with Gasteiger partial charge in [0.15, 0.2) is 11.6 Å². The fourth-order valence-electron chi connectivity index (χ4n) is 5.62. The summed E-state index contributed by atoms with van der Waals surface area (Å²) in [6.07, 6.45) is 11.4. The Morgan fingerprint density at radius 2 is 1.67 bits per heavy atom. The minimum absolute atomic E-state index is 0.00701. The Bertz CT molecular complexity index is 1090. The molecule has 0 aromatic heterocycles. The number of fused-ring (bicyclic) bond motifs is 1. The molecule has 2 fully saturated rings. The van der Waals surface area contributed by atoms with Crippen molar-refractivity contribution in [3.05, 3.63) is 95.3 Å². The van der Waals surface area contributed by atoms with Crippen molar-refractivity contribution in [1.29, 1.82) is 0 Å². The number of aryl methyl sites for hydroxylation is 1. The minimum atomic E-state index is -0.902. The first kappa shape index (κ1) is 23.4. The summed E-state index contributed by atoms with van der Waals surface area (Å²) in [5.74, 6) is 5.36. The average molecular weight is 449 g/mol. The van der Waals surface area contributed by atoms with Crippen LogP contribution in [0.25, 0.3) is 0 Å². The molecule has 4 atom stereocenters. The maximum atomic E-state index is 15.0. The van der Waals surface area contributed by atoms with Crippen LogP contribution in [0.15, 0.2) is 55.6 Å². The van der Waals surface area contributed by atoms with Crippen molar-refractivity contribution in [2.24, 2.45) is 17.8 Å². The molecule has 2 aromatic carbocycles. The Morgan fingerprint density at radius 1 is 0.879 bits per heavy atom. The van der Waals surface area contributed by atoms with Gasteiger partial charge in [-0.05, 0) is 104 Å². The summed E-state index contributed by atoms with van der Waals surface area (Å²) < 4.78 is 44.1. The lowest BCUT2D eigenvalue weighted by Gasteiger charge is -2.41. The molecule has 4 unspecified atom stereocenters. The first-order valence-electron chi connectivity index (χ1n) is 12.0. The Morgan fingerprint density at radius 3 is 2.42 bits per heavy atom. The zero-order valence-corrected chi connectivity index (χ0v) is 19.1. The van der Waals surface area contributed by atoms with Crippen LogP contribution < -0.4 is 0 Å². The third-order valence-corrected chi connectivity index (χ3v) is 7.55. The van der Waals surface area contributed by atoms with Gasteiger partial charge in [-0.3, -0.25) is 0 Å². The van der Waals surface area contributed by atoms with Gasteiger partial charge in [0.2, 0.25) is 0 Å². The summed E-state index contributed by atoms with van der Waals surface area (Å²) in [5.41, 5.74) is 1.51. The van der Waals surface area contributed by atoms with Gasteiger partial charge in [0.25, 0.3) is 0 Å². The largest absolute Gasteiger partial charge is 0.207 e. The summed E-state index contributed by atoms with van der Waals surface area (Å²) in [6.45, 7) is 7.59. The molecule has 0 N–H and O–H groups in total. The van der Waals surface area contributed by atoms with E-state index in [0.29, 0.717) is 47.3 Å². The van der Waals surface area contributed by atoms with Crippen molar-refractivity contribution in [3.8, 4) is 11.8 Å². The van der Waals surface area contributed by atoms with Gasteiger partial charge in [0.1, 0.15) is 5.82 Å². The maximum absolute atomic E-state index is 15.0. The predicted molar refractivity (Wildman–Crippen MR) is 128 cm³/mol. The van der Waals surface area contributed by atoms with Crippen LogP contribution >= 0.6 is 0 Å². The molecule has 0 aliphatic heterocycles. The van der Waals surface area contributed by atoms with Crippen LogP contribution in [0, 0.1) is 47.0 Å². The van der Waals surface area contributed by atoms with Gasteiger partial charge in [-0.25, -0.2) is 13.2 Å². The Labute approximate surface area is 195 Å². The highest BCUT2D eigenvalue weighted by atomic mass is 19.2. The third-order valence-electron chi connectivity index (χ3n) is 7.55. The number of benzene rings is 2. The fraction of sp³-hybridized carbons (Fsp3) is 0.400. The molecule has 0 nitrogen and oxygen atoms in total. The lowest BCUT2D eigenvalue weighted by Crippen LogP contribution is -2.30. The monoisotopic (exact) mass is 448 g/mol. The van der Waals surface area contributed by atoms with Crippen LogP contribution in [0.4, 0.5) is 13.2 Å². The summed E-state index contributed by atoms with van der Waals surface area (Å²) in [4.78, 5) is 0. The van der Waals surface area contributed by atoms with Crippen molar-refractivity contribution >= 4 is 0 Å². The highest BCUT2D eigenvalue weighted by molar-refractivity contribution is 5.46. The van der Waals surface area contributed by atoms with Gasteiger partial charge in [-0.15, -0.1) is 13.2 Å². The van der Waals surface area contributed by atoms with Gasteiger partial charge in [0.05, 0.1) is 5.56 Å². The van der Waals surface area contributed by atoms with E-state index < -0.39 is 11.6 Å². The molecule has 0 radical (unpaired) electrons. The van der Waals surface area contributed by atoms with Crippen LogP contribution in [-0.4, -0.2) is 0 Å². The SMILES string of the molecule is C=CCCc1ccc(C#Cc2ccc(C3CCC4CC(C=C)CCC4C3)c(F)c2F)cc1F. The molecule has 0 heterocycles. The van der Waals surface area contributed by atoms with E-state index in [9.17, 15) is 8.78 Å². The van der Waals surface area contributed by atoms with E-state index in [1.54, 1.807) is 30.3 Å². The quantitative estimate of drug-likeness (QED) is 0.320. The second kappa shape index (κ2) is 10.5. The van der Waals surface area contributed by atoms with Crippen LogP contribution in [-0.2, 0) is 6.42 Å². The molecule has 172 valence electrons. The average Bonchev–Trinajstić information content (AvgIpc) is 2.83. The number of hydrogen-bond acceptors (Lipinski definition) is 0. The summed E-state index contributed by atoms with van der Waals surface area (Å²) in [7, 11) is 0. The van der Waals surface area contributed by atoms with E-state index in [0.717, 1.165) is 32.1 Å². The van der Waals surface area contributed by atoms with E-state index in [1.807, 2.05) is 0 Å². The first-order chi connectivity index (χ1) is 16.0. The zero-order valence-electron chi connectivity index (χ0n) is 19.1. The first-order valence-corrected chi connectivity index (χ1v) is 12.0. The molecule has 33 heavy (non-hydrogen) atoms. The van der Waals surface area contributed by atoms with Gasteiger partial charge in [-0.1, -0.05) is 36.1 Å². The van der Waals surface area contributed by atoms with Gasteiger partial charge >= 0.3 is 0 Å². The number of allylic oxidation sites excluding steroid dienone is 2. The van der Waals surface area contributed by atoms with Gasteiger partial charge in [-0.2, -0.15) is 0 Å². The highest BCUT2D eigenvalue weighted by Gasteiger charge is 2.36. The number of hydrogen-bond donors (Lipinski definition) is 0. The molecule has 3 heteroatoms. The Kier molecular flexibility index (Phi) is 7.43. The summed E-state index contributed by atoms with van der Waals surface area (Å²) in [6, 6.07) is 7.99. The van der Waals surface area contributed by atoms with Crippen LogP contribution in [0.5, 0.6) is 0 Å². The van der Waals surface area contributed by atoms with E-state index in [4.69, 9.17) is 0 Å². The van der Waals surface area contributed by atoms with Crippen molar-refractivity contribution in [2.45, 2.75) is 57.3 Å². The van der Waals surface area contributed by atoms with Crippen LogP contribution in [0.1, 0.15) is 73.1 Å². The van der Waals surface area contributed by atoms with Crippen molar-refractivity contribution in [3.63, 3.8) is 0 Å². The maximum Gasteiger partial charge on any atom is 0.174 e. The second-order valence-corrected chi connectivity index (χ2v) is 9.55. The van der Waals surface area contributed by atoms with Gasteiger partial charge in [0, 0.05) is 5.56 Å². The lowest BCUT2D eigenvalue weighted by molar-refractivity contribution is 0.132. The van der Waals surface area contributed by atoms with E-state index >= 15 is 4.39 Å². The topological polar surface area (TPSA) is 0 Å². The van der Waals surface area contributed by atoms with E-state index in [1.165, 1.54) is 12.5 Å². The molecule has 0 amide bonds. The predicted octanol–water partition coefficient (Wildman–Crippen LogP) is 8.11. The molecule has 2 aliphatic rings. The Balaban J connectivity index is 1.48. The smallest absolute Gasteiger partial charge is 0.174 e. The van der Waals surface area contributed by atoms with Crippen LogP contribution in [0.2, 0.25) is 0 Å². The fourth-order valence-corrected chi connectivity index (χ4v) is 5.62. The number of halogens is 3. The van der Waals surface area contributed by atoms with E-state index in [-0.39, 0.29) is 17.3 Å². The molecular formula is C30H31F3. The second-order valence-electron chi connectivity index (χ2n) is 9.55. The molecule has 0 saturated heterocycles. The van der Waals surface area contributed by atoms with Crippen molar-refractivity contribution in [1.82, 2.24) is 0 Å². The van der Waals surface area contributed by atoms with E-state index in [2.05, 4.69) is 31.1 Å². The zero-order chi connectivity index (χ0) is 23.4. The van der Waals surface area contributed by atoms with Crippen LogP contribution in [0.3, 0.4) is 0 Å². The van der Waals surface area contributed by atoms with Gasteiger partial charge < -0.3 is 0 Å². The molecule has 2 saturated carbocycles. The highest BCUT2D eigenvalue weighted by Crippen LogP contribution is 2.48. The normalized spacial score (nSPS) is 24.3. The molecule has 2 aromatic rings. The summed E-state index contributed by atoms with van der Waals surface area (Å²) >= 11 is 0. The lowest BCUT2D eigenvalue weighted by atomic mass is 9.64. The standard InChI is InChI=1S/C30H31F3/c1-3-5-6-22-10-8-21(18-28(22)31)9-11-23-15-16-27(30(33)29(23)32)26-14-13-24-17-20(4-2)7-12-25(24)19-26/h3-4,8,10,15-16,18,20,24-26H,1-2,5-7,12-14,17,19H2. The van der Waals surface area contributed by atoms with Crippen molar-refractivity contribution < 1.29 is 13.2 Å². The molecule has 0 spiro atoms. The molecule has 2 aliphatic carbocycles. The third kappa shape index (κ3) is 5.27. The summed E-state index contributed by atoms with van der Waals surface area (Å²) in [5, 5.41) is 0. The molecular weight excluding hydrogens is 417 g/mol.